The molecule has 8 heteroatoms. The molecule has 1 aromatic heterocycles. The Morgan fingerprint density at radius 3 is 2.87 bits per heavy atom. The molecule has 0 radical (unpaired) electrons. The Kier molecular flexibility index (Phi) is 4.63. The smallest absolute Gasteiger partial charge is 0.246 e. The third-order valence-corrected chi connectivity index (χ3v) is 4.00. The van der Waals surface area contributed by atoms with Crippen LogP contribution in [0.3, 0.4) is 0 Å². The van der Waals surface area contributed by atoms with Gasteiger partial charge in [-0.3, -0.25) is 4.79 Å². The number of hydrogen-bond donors (Lipinski definition) is 1. The van der Waals surface area contributed by atoms with E-state index in [1.54, 1.807) is 12.0 Å². The van der Waals surface area contributed by atoms with Crippen molar-refractivity contribution in [1.29, 1.82) is 0 Å². The molecule has 0 bridgehead atoms. The minimum atomic E-state index is -0.218. The number of aliphatic hydroxyl groups is 1. The van der Waals surface area contributed by atoms with Crippen molar-refractivity contribution in [2.75, 3.05) is 20.3 Å². The molecule has 2 heterocycles. The second-order valence-corrected chi connectivity index (χ2v) is 5.49. The molecule has 1 N–H and O–H groups in total. The van der Waals surface area contributed by atoms with E-state index in [1.807, 2.05) is 30.3 Å². The monoisotopic (exact) mass is 317 g/mol. The molecule has 0 spiro atoms. The Labute approximate surface area is 133 Å². The average Bonchev–Trinajstić information content (AvgIpc) is 3.22. The van der Waals surface area contributed by atoms with E-state index in [2.05, 4.69) is 15.4 Å². The molecule has 2 aromatic rings. The molecule has 23 heavy (non-hydrogen) atoms. The third kappa shape index (κ3) is 3.38. The Morgan fingerprint density at radius 1 is 1.39 bits per heavy atom. The highest BCUT2D eigenvalue weighted by atomic mass is 16.5. The third-order valence-electron chi connectivity index (χ3n) is 4.00. The van der Waals surface area contributed by atoms with Crippen molar-refractivity contribution in [3.63, 3.8) is 0 Å². The van der Waals surface area contributed by atoms with Gasteiger partial charge in [0.2, 0.25) is 11.7 Å². The van der Waals surface area contributed by atoms with E-state index in [9.17, 15) is 9.90 Å². The molecule has 8 nitrogen and oxygen atoms in total. The lowest BCUT2D eigenvalue weighted by Crippen LogP contribution is -2.40. The van der Waals surface area contributed by atoms with E-state index in [4.69, 9.17) is 4.74 Å². The van der Waals surface area contributed by atoms with Gasteiger partial charge in [-0.2, -0.15) is 4.80 Å². The van der Waals surface area contributed by atoms with Crippen molar-refractivity contribution >= 4 is 5.91 Å². The van der Waals surface area contributed by atoms with Crippen LogP contribution in [0.1, 0.15) is 6.42 Å². The van der Waals surface area contributed by atoms with Gasteiger partial charge in [0.1, 0.15) is 6.54 Å². The summed E-state index contributed by atoms with van der Waals surface area (Å²) in [5.74, 6) is 0.328. The minimum absolute atomic E-state index is 0.00717. The molecule has 0 aliphatic carbocycles. The number of benzene rings is 1. The minimum Gasteiger partial charge on any atom is -0.394 e. The van der Waals surface area contributed by atoms with Gasteiger partial charge in [-0.25, -0.2) is 0 Å². The number of tetrazole rings is 1. The van der Waals surface area contributed by atoms with Crippen LogP contribution in [0, 0.1) is 0 Å². The highest BCUT2D eigenvalue weighted by molar-refractivity contribution is 5.76. The summed E-state index contributed by atoms with van der Waals surface area (Å²) in [5, 5.41) is 21.6. The summed E-state index contributed by atoms with van der Waals surface area (Å²) in [7, 11) is 1.61. The SMILES string of the molecule is CO[C@H]1C[C@@H](CO)N(C(=O)Cn2nnc(-c3ccccc3)n2)C1. The van der Waals surface area contributed by atoms with Gasteiger partial charge in [0.25, 0.3) is 0 Å². The van der Waals surface area contributed by atoms with Crippen molar-refractivity contribution in [2.45, 2.75) is 25.1 Å². The van der Waals surface area contributed by atoms with Gasteiger partial charge in [-0.1, -0.05) is 30.3 Å². The van der Waals surface area contributed by atoms with Gasteiger partial charge in [0.15, 0.2) is 0 Å². The van der Waals surface area contributed by atoms with Crippen LogP contribution in [0.5, 0.6) is 0 Å². The number of rotatable bonds is 5. The standard InChI is InChI=1S/C15H19N5O3/c1-23-13-7-12(10-21)19(8-13)14(22)9-20-17-15(16-18-20)11-5-3-2-4-6-11/h2-6,12-13,21H,7-10H2,1H3/t12-,13-/m0/s1. The summed E-state index contributed by atoms with van der Waals surface area (Å²) >= 11 is 0. The molecule has 0 unspecified atom stereocenters. The number of methoxy groups -OCH3 is 1. The van der Waals surface area contributed by atoms with Gasteiger partial charge < -0.3 is 14.7 Å². The zero-order valence-corrected chi connectivity index (χ0v) is 12.9. The second kappa shape index (κ2) is 6.84. The Morgan fingerprint density at radius 2 is 2.17 bits per heavy atom. The molecular formula is C15H19N5O3. The average molecular weight is 317 g/mol. The molecule has 2 atom stereocenters. The van der Waals surface area contributed by atoms with Crippen LogP contribution in [-0.4, -0.2) is 68.5 Å². The van der Waals surface area contributed by atoms with Gasteiger partial charge in [-0.15, -0.1) is 10.2 Å². The van der Waals surface area contributed by atoms with E-state index in [0.29, 0.717) is 18.8 Å². The van der Waals surface area contributed by atoms with Gasteiger partial charge in [0.05, 0.1) is 18.8 Å². The maximum atomic E-state index is 12.4. The largest absolute Gasteiger partial charge is 0.394 e. The topological polar surface area (TPSA) is 93.4 Å². The van der Waals surface area contributed by atoms with Crippen LogP contribution in [0.4, 0.5) is 0 Å². The fourth-order valence-electron chi connectivity index (χ4n) is 2.75. The second-order valence-electron chi connectivity index (χ2n) is 5.49. The summed E-state index contributed by atoms with van der Waals surface area (Å²) in [6.45, 7) is 0.388. The van der Waals surface area contributed by atoms with E-state index >= 15 is 0 Å². The molecule has 1 aliphatic rings. The summed E-state index contributed by atoms with van der Waals surface area (Å²) in [6.07, 6.45) is 0.596. The summed E-state index contributed by atoms with van der Waals surface area (Å²) in [5.41, 5.74) is 0.847. The summed E-state index contributed by atoms with van der Waals surface area (Å²) in [4.78, 5) is 15.3. The number of aliphatic hydroxyl groups excluding tert-OH is 1. The van der Waals surface area contributed by atoms with E-state index in [-0.39, 0.29) is 31.2 Å². The molecule has 3 rings (SSSR count). The Bertz CT molecular complexity index is 660. The lowest BCUT2D eigenvalue weighted by Gasteiger charge is -2.22. The first-order chi connectivity index (χ1) is 11.2. The number of likely N-dealkylation sites (tertiary alicyclic amines) is 1. The van der Waals surface area contributed by atoms with Gasteiger partial charge >= 0.3 is 0 Å². The fraction of sp³-hybridized carbons (Fsp3) is 0.467. The van der Waals surface area contributed by atoms with Crippen molar-refractivity contribution < 1.29 is 14.6 Å². The highest BCUT2D eigenvalue weighted by Crippen LogP contribution is 2.20. The first kappa shape index (κ1) is 15.6. The maximum Gasteiger partial charge on any atom is 0.246 e. The number of carbonyl (C=O) groups excluding carboxylic acids is 1. The van der Waals surface area contributed by atoms with Crippen LogP contribution in [0.2, 0.25) is 0 Å². The molecule has 1 fully saturated rings. The predicted octanol–water partition coefficient (Wildman–Crippen LogP) is -0.0517. The van der Waals surface area contributed by atoms with Crippen molar-refractivity contribution in [3.8, 4) is 11.4 Å². The number of amides is 1. The van der Waals surface area contributed by atoms with Crippen LogP contribution in [0.15, 0.2) is 30.3 Å². The number of nitrogens with zero attached hydrogens (tertiary/aromatic N) is 5. The van der Waals surface area contributed by atoms with Crippen molar-refractivity contribution in [3.05, 3.63) is 30.3 Å². The first-order valence-corrected chi connectivity index (χ1v) is 7.47. The van der Waals surface area contributed by atoms with Crippen molar-refractivity contribution in [1.82, 2.24) is 25.1 Å². The fourth-order valence-corrected chi connectivity index (χ4v) is 2.75. The van der Waals surface area contributed by atoms with Crippen LogP contribution in [0.25, 0.3) is 11.4 Å². The number of carbonyl (C=O) groups is 1. The Hall–Kier alpha value is -2.32. The molecule has 1 aromatic carbocycles. The Balaban J connectivity index is 1.68. The summed E-state index contributed by atoms with van der Waals surface area (Å²) in [6, 6.07) is 9.24. The summed E-state index contributed by atoms with van der Waals surface area (Å²) < 4.78 is 5.28. The molecule has 1 amide bonds. The maximum absolute atomic E-state index is 12.4. The van der Waals surface area contributed by atoms with Crippen molar-refractivity contribution in [2.24, 2.45) is 0 Å². The molecular weight excluding hydrogens is 298 g/mol. The van der Waals surface area contributed by atoms with Crippen LogP contribution < -0.4 is 0 Å². The highest BCUT2D eigenvalue weighted by Gasteiger charge is 2.35. The lowest BCUT2D eigenvalue weighted by molar-refractivity contribution is -0.134. The molecule has 122 valence electrons. The molecule has 1 saturated heterocycles. The van der Waals surface area contributed by atoms with E-state index < -0.39 is 0 Å². The van der Waals surface area contributed by atoms with Gasteiger partial charge in [0, 0.05) is 19.2 Å². The molecule has 1 aliphatic heterocycles. The van der Waals surface area contributed by atoms with Gasteiger partial charge in [-0.05, 0) is 11.6 Å². The predicted molar refractivity (Wildman–Crippen MR) is 81.3 cm³/mol. The normalized spacial score (nSPS) is 20.9. The van der Waals surface area contributed by atoms with Crippen LogP contribution in [-0.2, 0) is 16.1 Å². The van der Waals surface area contributed by atoms with Crippen LogP contribution >= 0.6 is 0 Å². The quantitative estimate of drug-likeness (QED) is 0.831. The number of hydrogen-bond acceptors (Lipinski definition) is 6. The zero-order chi connectivity index (χ0) is 16.2. The lowest BCUT2D eigenvalue weighted by atomic mass is 10.2. The molecule has 0 saturated carbocycles. The zero-order valence-electron chi connectivity index (χ0n) is 12.9. The number of aromatic nitrogens is 4. The van der Waals surface area contributed by atoms with E-state index in [1.165, 1.54) is 4.80 Å². The number of ether oxygens (including phenoxy) is 1. The first-order valence-electron chi connectivity index (χ1n) is 7.47. The van der Waals surface area contributed by atoms with E-state index in [0.717, 1.165) is 5.56 Å².